The minimum atomic E-state index is -0.307. The Hall–Kier alpha value is -2.26. The largest absolute Gasteiger partial charge is 0.377 e. The van der Waals surface area contributed by atoms with Crippen LogP contribution >= 0.6 is 0 Å². The molecular formula is C18H26N4O2. The Morgan fingerprint density at radius 3 is 2.75 bits per heavy atom. The van der Waals surface area contributed by atoms with Crippen molar-refractivity contribution in [1.82, 2.24) is 4.90 Å². The summed E-state index contributed by atoms with van der Waals surface area (Å²) in [6.45, 7) is 5.23. The molecule has 24 heavy (non-hydrogen) atoms. The van der Waals surface area contributed by atoms with Gasteiger partial charge in [-0.05, 0) is 44.4 Å². The van der Waals surface area contributed by atoms with Gasteiger partial charge in [0.2, 0.25) is 0 Å². The van der Waals surface area contributed by atoms with E-state index in [2.05, 4.69) is 11.4 Å². The summed E-state index contributed by atoms with van der Waals surface area (Å²) >= 11 is 0. The van der Waals surface area contributed by atoms with Gasteiger partial charge in [0.1, 0.15) is 6.07 Å². The Labute approximate surface area is 144 Å². The molecule has 2 amide bonds. The minimum Gasteiger partial charge on any atom is -0.377 e. The van der Waals surface area contributed by atoms with Gasteiger partial charge in [0.15, 0.2) is 0 Å². The molecular weight excluding hydrogens is 304 g/mol. The number of amides is 2. The third-order valence-corrected chi connectivity index (χ3v) is 4.62. The zero-order valence-electron chi connectivity index (χ0n) is 15.1. The summed E-state index contributed by atoms with van der Waals surface area (Å²) in [4.78, 5) is 16.3. The van der Waals surface area contributed by atoms with E-state index in [1.807, 2.05) is 38.9 Å². The first kappa shape index (κ1) is 18.1. The molecule has 1 atom stereocenters. The van der Waals surface area contributed by atoms with E-state index >= 15 is 0 Å². The summed E-state index contributed by atoms with van der Waals surface area (Å²) in [5.41, 5.74) is 2.68. The van der Waals surface area contributed by atoms with E-state index in [1.165, 1.54) is 0 Å². The first-order chi connectivity index (χ1) is 11.3. The van der Waals surface area contributed by atoms with Crippen molar-refractivity contribution in [3.8, 4) is 6.07 Å². The highest BCUT2D eigenvalue weighted by Crippen LogP contribution is 2.28. The number of urea groups is 1. The number of likely N-dealkylation sites (tertiary alicyclic amines) is 1. The zero-order valence-corrected chi connectivity index (χ0v) is 15.1. The monoisotopic (exact) mass is 330 g/mol. The summed E-state index contributed by atoms with van der Waals surface area (Å²) < 4.78 is 5.54. The van der Waals surface area contributed by atoms with Gasteiger partial charge in [0.05, 0.1) is 23.4 Å². The molecule has 1 aromatic rings. The predicted molar refractivity (Wildman–Crippen MR) is 95.5 cm³/mol. The van der Waals surface area contributed by atoms with Crippen molar-refractivity contribution >= 4 is 17.4 Å². The minimum absolute atomic E-state index is 0.188. The summed E-state index contributed by atoms with van der Waals surface area (Å²) in [6, 6.07) is 5.64. The van der Waals surface area contributed by atoms with E-state index in [0.29, 0.717) is 24.3 Å². The number of piperidine rings is 1. The smallest absolute Gasteiger partial charge is 0.321 e. The molecule has 1 fully saturated rings. The van der Waals surface area contributed by atoms with Crippen LogP contribution in [0.3, 0.4) is 0 Å². The van der Waals surface area contributed by atoms with Crippen LogP contribution in [0, 0.1) is 18.3 Å². The number of ether oxygens (including phenoxy) is 1. The fourth-order valence-corrected chi connectivity index (χ4v) is 3.11. The number of hydrogen-bond acceptors (Lipinski definition) is 4. The van der Waals surface area contributed by atoms with E-state index in [0.717, 1.165) is 24.1 Å². The molecule has 0 spiro atoms. The van der Waals surface area contributed by atoms with Crippen molar-refractivity contribution in [1.29, 1.82) is 5.26 Å². The molecule has 0 unspecified atom stereocenters. The number of rotatable bonds is 3. The molecule has 6 nitrogen and oxygen atoms in total. The molecule has 0 aromatic heterocycles. The average molecular weight is 330 g/mol. The lowest BCUT2D eigenvalue weighted by molar-refractivity contribution is -0.0389. The van der Waals surface area contributed by atoms with E-state index in [-0.39, 0.29) is 11.6 Å². The number of hydrogen-bond donors (Lipinski definition) is 1. The van der Waals surface area contributed by atoms with Gasteiger partial charge in [-0.15, -0.1) is 0 Å². The molecule has 2 rings (SSSR count). The van der Waals surface area contributed by atoms with Gasteiger partial charge in [-0.25, -0.2) is 4.79 Å². The van der Waals surface area contributed by atoms with Crippen molar-refractivity contribution in [2.45, 2.75) is 32.3 Å². The second-order valence-corrected chi connectivity index (χ2v) is 6.80. The summed E-state index contributed by atoms with van der Waals surface area (Å²) in [6.07, 6.45) is 1.84. The van der Waals surface area contributed by atoms with Gasteiger partial charge in [0.25, 0.3) is 0 Å². The lowest BCUT2D eigenvalue weighted by Crippen LogP contribution is -2.50. The quantitative estimate of drug-likeness (QED) is 0.925. The first-order valence-corrected chi connectivity index (χ1v) is 8.13. The Balaban J connectivity index is 2.20. The van der Waals surface area contributed by atoms with E-state index < -0.39 is 0 Å². The number of anilines is 2. The number of carbonyl (C=O) groups excluding carboxylic acids is 1. The summed E-state index contributed by atoms with van der Waals surface area (Å²) in [5, 5.41) is 12.3. The number of nitrogens with zero attached hydrogens (tertiary/aromatic N) is 3. The van der Waals surface area contributed by atoms with Crippen molar-refractivity contribution in [2.75, 3.05) is 44.5 Å². The lowest BCUT2D eigenvalue weighted by atomic mass is 9.95. The molecule has 1 saturated heterocycles. The average Bonchev–Trinajstić information content (AvgIpc) is 2.54. The molecule has 6 heteroatoms. The standard InChI is InChI=1S/C18H26N4O2/c1-13-9-15(14(11-19)10-16(13)21(3)4)20-17(23)22-8-6-7-18(2,12-22)24-5/h9-10H,6-8,12H2,1-5H3,(H,20,23)/t18-/m0/s1. The van der Waals surface area contributed by atoms with Crippen LogP contribution in [0.25, 0.3) is 0 Å². The molecule has 1 aromatic carbocycles. The molecule has 1 N–H and O–H groups in total. The predicted octanol–water partition coefficient (Wildman–Crippen LogP) is 2.97. The number of carbonyl (C=O) groups is 1. The zero-order chi connectivity index (χ0) is 17.9. The normalized spacial score (nSPS) is 20.4. The van der Waals surface area contributed by atoms with Gasteiger partial charge in [-0.1, -0.05) is 0 Å². The van der Waals surface area contributed by atoms with Crippen LogP contribution in [0.4, 0.5) is 16.2 Å². The maximum atomic E-state index is 12.6. The Bertz CT molecular complexity index is 666. The van der Waals surface area contributed by atoms with Crippen molar-refractivity contribution in [3.63, 3.8) is 0 Å². The van der Waals surface area contributed by atoms with Crippen LogP contribution in [0.5, 0.6) is 0 Å². The van der Waals surface area contributed by atoms with Gasteiger partial charge < -0.3 is 19.9 Å². The maximum Gasteiger partial charge on any atom is 0.321 e. The number of methoxy groups -OCH3 is 1. The van der Waals surface area contributed by atoms with Gasteiger partial charge in [-0.2, -0.15) is 5.26 Å². The topological polar surface area (TPSA) is 68.6 Å². The van der Waals surface area contributed by atoms with Crippen LogP contribution in [-0.4, -0.2) is 50.8 Å². The van der Waals surface area contributed by atoms with Crippen LogP contribution in [0.15, 0.2) is 12.1 Å². The fourth-order valence-electron chi connectivity index (χ4n) is 3.11. The Morgan fingerprint density at radius 2 is 2.17 bits per heavy atom. The molecule has 0 aliphatic carbocycles. The number of nitrogens with one attached hydrogen (secondary N) is 1. The molecule has 0 radical (unpaired) electrons. The van der Waals surface area contributed by atoms with E-state index in [4.69, 9.17) is 4.74 Å². The maximum absolute atomic E-state index is 12.6. The fraction of sp³-hybridized carbons (Fsp3) is 0.556. The number of benzene rings is 1. The third-order valence-electron chi connectivity index (χ3n) is 4.62. The van der Waals surface area contributed by atoms with Crippen LogP contribution in [-0.2, 0) is 4.74 Å². The number of nitriles is 1. The molecule has 0 saturated carbocycles. The highest BCUT2D eigenvalue weighted by Gasteiger charge is 2.33. The number of aryl methyl sites for hydroxylation is 1. The summed E-state index contributed by atoms with van der Waals surface area (Å²) in [7, 11) is 5.54. The highest BCUT2D eigenvalue weighted by molar-refractivity contribution is 5.91. The van der Waals surface area contributed by atoms with Crippen molar-refractivity contribution < 1.29 is 9.53 Å². The highest BCUT2D eigenvalue weighted by atomic mass is 16.5. The summed E-state index contributed by atoms with van der Waals surface area (Å²) in [5.74, 6) is 0. The van der Waals surface area contributed by atoms with Crippen molar-refractivity contribution in [3.05, 3.63) is 23.3 Å². The molecule has 0 bridgehead atoms. The molecule has 1 heterocycles. The Morgan fingerprint density at radius 1 is 1.46 bits per heavy atom. The molecule has 1 aliphatic heterocycles. The molecule has 130 valence electrons. The Kier molecular flexibility index (Phi) is 5.35. The SMILES string of the molecule is CO[C@@]1(C)CCCN(C(=O)Nc2cc(C)c(N(C)C)cc2C#N)C1. The van der Waals surface area contributed by atoms with E-state index in [1.54, 1.807) is 18.1 Å². The van der Waals surface area contributed by atoms with Crippen LogP contribution < -0.4 is 10.2 Å². The molecule has 1 aliphatic rings. The van der Waals surface area contributed by atoms with Crippen molar-refractivity contribution in [2.24, 2.45) is 0 Å². The second kappa shape index (κ2) is 7.10. The van der Waals surface area contributed by atoms with Gasteiger partial charge >= 0.3 is 6.03 Å². The van der Waals surface area contributed by atoms with E-state index in [9.17, 15) is 10.1 Å². The third kappa shape index (κ3) is 3.80. The van der Waals surface area contributed by atoms with Gasteiger partial charge in [-0.3, -0.25) is 0 Å². The second-order valence-electron chi connectivity index (χ2n) is 6.80. The first-order valence-electron chi connectivity index (χ1n) is 8.13. The lowest BCUT2D eigenvalue weighted by Gasteiger charge is -2.39. The van der Waals surface area contributed by atoms with Crippen LogP contribution in [0.2, 0.25) is 0 Å². The van der Waals surface area contributed by atoms with Gasteiger partial charge in [0, 0.05) is 33.4 Å². The van der Waals surface area contributed by atoms with Crippen LogP contribution in [0.1, 0.15) is 30.9 Å².